The van der Waals surface area contributed by atoms with Crippen molar-refractivity contribution in [3.63, 3.8) is 0 Å². The van der Waals surface area contributed by atoms with E-state index in [-0.39, 0.29) is 23.6 Å². The van der Waals surface area contributed by atoms with Gasteiger partial charge in [0.25, 0.3) is 0 Å². The van der Waals surface area contributed by atoms with Crippen molar-refractivity contribution in [3.8, 4) is 28.7 Å². The van der Waals surface area contributed by atoms with Crippen molar-refractivity contribution in [2.45, 2.75) is 31.3 Å². The van der Waals surface area contributed by atoms with E-state index in [9.17, 15) is 9.90 Å². The Bertz CT molecular complexity index is 1090. The van der Waals surface area contributed by atoms with Gasteiger partial charge in [0.2, 0.25) is 0 Å². The van der Waals surface area contributed by atoms with Gasteiger partial charge in [-0.05, 0) is 37.1 Å². The largest absolute Gasteiger partial charge is 0.507 e. The van der Waals surface area contributed by atoms with E-state index in [0.717, 1.165) is 11.1 Å². The van der Waals surface area contributed by atoms with Gasteiger partial charge in [-0.25, -0.2) is 0 Å². The lowest BCUT2D eigenvalue weighted by molar-refractivity contribution is 0.0914. The van der Waals surface area contributed by atoms with E-state index in [1.54, 1.807) is 32.4 Å². The van der Waals surface area contributed by atoms with Crippen LogP contribution >= 0.6 is 0 Å². The highest BCUT2D eigenvalue weighted by atomic mass is 16.5. The quantitative estimate of drug-likeness (QED) is 0.599. The van der Waals surface area contributed by atoms with Gasteiger partial charge in [0.15, 0.2) is 17.3 Å². The topological polar surface area (TPSA) is 74.2 Å². The minimum absolute atomic E-state index is 0.00907. The van der Waals surface area contributed by atoms with Gasteiger partial charge in [-0.1, -0.05) is 6.58 Å². The first-order valence-corrected chi connectivity index (χ1v) is 10.0. The zero-order valence-corrected chi connectivity index (χ0v) is 17.3. The maximum absolute atomic E-state index is 13.8. The Morgan fingerprint density at radius 2 is 1.93 bits per heavy atom. The van der Waals surface area contributed by atoms with Gasteiger partial charge in [0.1, 0.15) is 23.4 Å². The fourth-order valence-electron chi connectivity index (χ4n) is 4.78. The molecule has 3 aliphatic rings. The van der Waals surface area contributed by atoms with E-state index in [1.807, 2.05) is 13.0 Å². The van der Waals surface area contributed by atoms with Crippen molar-refractivity contribution in [2.24, 2.45) is 5.92 Å². The number of methoxy groups -OCH3 is 2. The average Bonchev–Trinajstić information content (AvgIpc) is 3.34. The number of Topliss-reactive ketones (excluding diaryl/α,β-unsaturated/α-hetero) is 1. The Morgan fingerprint density at radius 1 is 1.20 bits per heavy atom. The highest BCUT2D eigenvalue weighted by molar-refractivity contribution is 6.09. The number of rotatable bonds is 5. The fourth-order valence-corrected chi connectivity index (χ4v) is 4.78. The molecule has 0 aromatic heterocycles. The van der Waals surface area contributed by atoms with Crippen molar-refractivity contribution < 1.29 is 28.8 Å². The van der Waals surface area contributed by atoms with Crippen molar-refractivity contribution in [2.75, 3.05) is 20.8 Å². The Labute approximate surface area is 175 Å². The number of ether oxygens (including phenoxy) is 4. The molecule has 30 heavy (non-hydrogen) atoms. The summed E-state index contributed by atoms with van der Waals surface area (Å²) in [6, 6.07) is 7.03. The third-order valence-electron chi connectivity index (χ3n) is 6.61. The summed E-state index contributed by atoms with van der Waals surface area (Å²) in [5.41, 5.74) is 1.95. The van der Waals surface area contributed by atoms with Crippen molar-refractivity contribution in [3.05, 3.63) is 53.1 Å². The molecule has 0 amide bonds. The van der Waals surface area contributed by atoms with Crippen LogP contribution in [-0.2, 0) is 11.8 Å². The lowest BCUT2D eigenvalue weighted by Gasteiger charge is -2.27. The van der Waals surface area contributed by atoms with Gasteiger partial charge >= 0.3 is 0 Å². The second-order valence-electron chi connectivity index (χ2n) is 8.31. The molecule has 1 N–H and O–H groups in total. The summed E-state index contributed by atoms with van der Waals surface area (Å²) >= 11 is 0. The van der Waals surface area contributed by atoms with Gasteiger partial charge in [0, 0.05) is 29.5 Å². The molecule has 2 aliphatic heterocycles. The third kappa shape index (κ3) is 2.46. The number of aromatic hydroxyl groups is 1. The molecular weight excluding hydrogens is 384 g/mol. The van der Waals surface area contributed by atoms with Gasteiger partial charge in [-0.2, -0.15) is 0 Å². The van der Waals surface area contributed by atoms with Crippen LogP contribution in [0.5, 0.6) is 28.7 Å². The molecule has 6 nitrogen and oxygen atoms in total. The Kier molecular flexibility index (Phi) is 4.04. The van der Waals surface area contributed by atoms with Crippen LogP contribution < -0.4 is 18.9 Å². The molecule has 0 spiro atoms. The molecule has 2 unspecified atom stereocenters. The third-order valence-corrected chi connectivity index (χ3v) is 6.61. The molecule has 6 heteroatoms. The standard InChI is InChI=1S/C24H24O6/c1-12(2)18-7-15-17(30-18)6-5-14(22(15)25)23(26)24-10-13(24)11-29-19-9-21(28-4)20(27-3)8-16(19)24/h5-6,8-9,13,18,25H,1,7,10-11H2,2-4H3/t13?,18-,24?/m1/s1. The van der Waals surface area contributed by atoms with Gasteiger partial charge in [0.05, 0.1) is 31.8 Å². The average molecular weight is 408 g/mol. The number of hydrogen-bond donors (Lipinski definition) is 1. The Morgan fingerprint density at radius 3 is 2.63 bits per heavy atom. The number of benzene rings is 2. The van der Waals surface area contributed by atoms with E-state index in [4.69, 9.17) is 18.9 Å². The smallest absolute Gasteiger partial charge is 0.177 e. The number of carbonyl (C=O) groups excluding carboxylic acids is 1. The molecule has 1 fully saturated rings. The molecule has 0 saturated heterocycles. The zero-order chi connectivity index (χ0) is 21.2. The van der Waals surface area contributed by atoms with Crippen LogP contribution in [-0.4, -0.2) is 37.8 Å². The Balaban J connectivity index is 1.57. The molecule has 2 aromatic carbocycles. The lowest BCUT2D eigenvalue weighted by Crippen LogP contribution is -2.29. The summed E-state index contributed by atoms with van der Waals surface area (Å²) in [7, 11) is 3.13. The van der Waals surface area contributed by atoms with Crippen LogP contribution in [0.3, 0.4) is 0 Å². The summed E-state index contributed by atoms with van der Waals surface area (Å²) in [5.74, 6) is 2.33. The molecule has 1 aliphatic carbocycles. The van der Waals surface area contributed by atoms with E-state index >= 15 is 0 Å². The number of fused-ring (bicyclic) bond motifs is 4. The van der Waals surface area contributed by atoms with Crippen LogP contribution in [0.1, 0.15) is 34.8 Å². The van der Waals surface area contributed by atoms with Crippen molar-refractivity contribution in [1.29, 1.82) is 0 Å². The summed E-state index contributed by atoms with van der Waals surface area (Å²) in [6.45, 7) is 6.30. The zero-order valence-electron chi connectivity index (χ0n) is 17.3. The maximum Gasteiger partial charge on any atom is 0.177 e. The second-order valence-corrected chi connectivity index (χ2v) is 8.31. The second kappa shape index (κ2) is 6.42. The first-order chi connectivity index (χ1) is 14.4. The van der Waals surface area contributed by atoms with Crippen LogP contribution in [0.4, 0.5) is 0 Å². The van der Waals surface area contributed by atoms with Gasteiger partial charge < -0.3 is 24.1 Å². The minimum Gasteiger partial charge on any atom is -0.507 e. The number of hydrogen-bond acceptors (Lipinski definition) is 6. The van der Waals surface area contributed by atoms with Gasteiger partial charge in [-0.15, -0.1) is 0 Å². The SMILES string of the molecule is C=C(C)[C@H]1Cc2c(ccc(C(=O)C34CC3COc3cc(OC)c(OC)cc34)c2O)O1. The number of carbonyl (C=O) groups is 1. The number of phenols is 1. The fraction of sp³-hybridized carbons (Fsp3) is 0.375. The molecule has 3 atom stereocenters. The predicted octanol–water partition coefficient (Wildman–Crippen LogP) is 3.82. The first kappa shape index (κ1) is 18.9. The van der Waals surface area contributed by atoms with E-state index in [0.29, 0.717) is 53.6 Å². The van der Waals surface area contributed by atoms with E-state index in [1.165, 1.54) is 0 Å². The highest BCUT2D eigenvalue weighted by Crippen LogP contribution is 2.63. The highest BCUT2D eigenvalue weighted by Gasteiger charge is 2.64. The van der Waals surface area contributed by atoms with E-state index < -0.39 is 5.41 Å². The summed E-state index contributed by atoms with van der Waals surface area (Å²) in [5, 5.41) is 11.0. The molecule has 5 rings (SSSR count). The van der Waals surface area contributed by atoms with Crippen LogP contribution in [0, 0.1) is 5.92 Å². The molecule has 2 aromatic rings. The Hall–Kier alpha value is -3.15. The minimum atomic E-state index is -0.716. The van der Waals surface area contributed by atoms with Crippen LogP contribution in [0.2, 0.25) is 0 Å². The molecule has 1 saturated carbocycles. The lowest BCUT2D eigenvalue weighted by atomic mass is 9.82. The summed E-state index contributed by atoms with van der Waals surface area (Å²) in [6.07, 6.45) is 1.01. The molecule has 0 bridgehead atoms. The number of ketones is 1. The molecule has 2 heterocycles. The van der Waals surface area contributed by atoms with Crippen LogP contribution in [0.25, 0.3) is 0 Å². The summed E-state index contributed by atoms with van der Waals surface area (Å²) < 4.78 is 22.6. The summed E-state index contributed by atoms with van der Waals surface area (Å²) in [4.78, 5) is 13.8. The maximum atomic E-state index is 13.8. The van der Waals surface area contributed by atoms with Gasteiger partial charge in [-0.3, -0.25) is 4.79 Å². The van der Waals surface area contributed by atoms with Crippen LogP contribution in [0.15, 0.2) is 36.4 Å². The van der Waals surface area contributed by atoms with E-state index in [2.05, 4.69) is 6.58 Å². The molecular formula is C24H24O6. The predicted molar refractivity (Wildman–Crippen MR) is 110 cm³/mol. The monoisotopic (exact) mass is 408 g/mol. The normalized spacial score (nSPS) is 25.2. The molecule has 156 valence electrons. The van der Waals surface area contributed by atoms with Crippen molar-refractivity contribution >= 4 is 5.78 Å². The number of phenolic OH excluding ortho intramolecular Hbond substituents is 1. The molecule has 0 radical (unpaired) electrons. The first-order valence-electron chi connectivity index (χ1n) is 10.0. The van der Waals surface area contributed by atoms with Crippen molar-refractivity contribution in [1.82, 2.24) is 0 Å².